The minimum atomic E-state index is -0.160. The van der Waals surface area contributed by atoms with Crippen molar-refractivity contribution in [1.82, 2.24) is 14.6 Å². The average Bonchev–Trinajstić information content (AvgIpc) is 2.49. The molecule has 5 heteroatoms. The van der Waals surface area contributed by atoms with Gasteiger partial charge in [-0.2, -0.15) is 5.10 Å². The van der Waals surface area contributed by atoms with Gasteiger partial charge in [-0.05, 0) is 0 Å². The Morgan fingerprint density at radius 2 is 2.42 bits per heavy atom. The zero-order chi connectivity index (χ0) is 8.55. The number of hydrogen-bond donors (Lipinski definition) is 1. The van der Waals surface area contributed by atoms with E-state index in [1.165, 1.54) is 0 Å². The van der Waals surface area contributed by atoms with Crippen molar-refractivity contribution in [3.05, 3.63) is 29.2 Å². The topological polar surface area (TPSA) is 50.4 Å². The predicted octanol–water partition coefficient (Wildman–Crippen LogP) is 0.875. The van der Waals surface area contributed by atoms with E-state index in [9.17, 15) is 0 Å². The summed E-state index contributed by atoms with van der Waals surface area (Å²) >= 11 is 5.78. The summed E-state index contributed by atoms with van der Waals surface area (Å²) in [5, 5.41) is 13.3. The van der Waals surface area contributed by atoms with Gasteiger partial charge in [0.15, 0.2) is 5.65 Å². The molecule has 0 aromatic carbocycles. The van der Waals surface area contributed by atoms with Gasteiger partial charge in [-0.25, -0.2) is 9.50 Å². The van der Waals surface area contributed by atoms with Crippen molar-refractivity contribution in [3.63, 3.8) is 0 Å². The van der Waals surface area contributed by atoms with Crippen molar-refractivity contribution in [2.75, 3.05) is 0 Å². The van der Waals surface area contributed by atoms with Crippen LogP contribution in [0.4, 0.5) is 0 Å². The average molecular weight is 184 g/mol. The Kier molecular flexibility index (Phi) is 1.71. The molecule has 0 radical (unpaired) electrons. The lowest BCUT2D eigenvalue weighted by Gasteiger charge is -1.99. The van der Waals surface area contributed by atoms with E-state index in [1.54, 1.807) is 23.0 Å². The number of hydrogen-bond acceptors (Lipinski definition) is 3. The monoisotopic (exact) mass is 183 g/mol. The second kappa shape index (κ2) is 2.73. The fourth-order valence-corrected chi connectivity index (χ4v) is 1.17. The largest absolute Gasteiger partial charge is 0.390 e. The van der Waals surface area contributed by atoms with Gasteiger partial charge in [0.1, 0.15) is 5.69 Å². The van der Waals surface area contributed by atoms with Crippen LogP contribution in [0.2, 0.25) is 5.02 Å². The first kappa shape index (κ1) is 7.52. The predicted molar refractivity (Wildman–Crippen MR) is 43.9 cm³/mol. The second-order valence-electron chi connectivity index (χ2n) is 2.33. The highest BCUT2D eigenvalue weighted by Crippen LogP contribution is 2.14. The zero-order valence-corrected chi connectivity index (χ0v) is 6.86. The molecule has 0 aliphatic carbocycles. The van der Waals surface area contributed by atoms with E-state index in [1.807, 2.05) is 0 Å². The molecule has 2 aromatic heterocycles. The van der Waals surface area contributed by atoms with Gasteiger partial charge in [0, 0.05) is 18.5 Å². The maximum atomic E-state index is 8.83. The van der Waals surface area contributed by atoms with Crippen LogP contribution in [0, 0.1) is 0 Å². The summed E-state index contributed by atoms with van der Waals surface area (Å²) in [6.45, 7) is -0.160. The Morgan fingerprint density at radius 1 is 1.58 bits per heavy atom. The van der Waals surface area contributed by atoms with Crippen molar-refractivity contribution in [1.29, 1.82) is 0 Å². The molecule has 2 rings (SSSR count). The summed E-state index contributed by atoms with van der Waals surface area (Å²) in [5.74, 6) is 0. The van der Waals surface area contributed by atoms with Crippen molar-refractivity contribution < 1.29 is 5.11 Å². The molecule has 0 spiro atoms. The first-order valence-corrected chi connectivity index (χ1v) is 3.78. The molecule has 0 unspecified atom stereocenters. The number of aromatic nitrogens is 3. The molecule has 0 aliphatic heterocycles. The molecule has 0 fully saturated rings. The highest BCUT2D eigenvalue weighted by Gasteiger charge is 2.03. The van der Waals surface area contributed by atoms with Crippen LogP contribution in [0.3, 0.4) is 0 Å². The number of imidazole rings is 1. The molecule has 2 heterocycles. The molecule has 62 valence electrons. The lowest BCUT2D eigenvalue weighted by Crippen LogP contribution is -1.97. The van der Waals surface area contributed by atoms with Gasteiger partial charge in [-0.15, -0.1) is 0 Å². The van der Waals surface area contributed by atoms with Crippen LogP contribution in [0.25, 0.3) is 5.65 Å². The zero-order valence-electron chi connectivity index (χ0n) is 6.11. The summed E-state index contributed by atoms with van der Waals surface area (Å²) < 4.78 is 1.57. The number of aliphatic hydroxyl groups is 1. The molecular formula is C7H6ClN3O. The van der Waals surface area contributed by atoms with Crippen molar-refractivity contribution in [3.8, 4) is 0 Å². The van der Waals surface area contributed by atoms with Crippen LogP contribution >= 0.6 is 11.6 Å². The first-order chi connectivity index (χ1) is 5.81. The van der Waals surface area contributed by atoms with Gasteiger partial charge >= 0.3 is 0 Å². The summed E-state index contributed by atoms with van der Waals surface area (Å²) in [6.07, 6.45) is 3.32. The summed E-state index contributed by atoms with van der Waals surface area (Å²) in [7, 11) is 0. The lowest BCUT2D eigenvalue weighted by atomic mass is 10.4. The molecule has 2 aromatic rings. The van der Waals surface area contributed by atoms with Gasteiger partial charge in [-0.3, -0.25) is 0 Å². The normalized spacial score (nSPS) is 10.8. The maximum absolute atomic E-state index is 8.83. The molecular weight excluding hydrogens is 178 g/mol. The molecule has 12 heavy (non-hydrogen) atoms. The number of aliphatic hydroxyl groups excluding tert-OH is 1. The van der Waals surface area contributed by atoms with Gasteiger partial charge < -0.3 is 5.11 Å². The quantitative estimate of drug-likeness (QED) is 0.714. The first-order valence-electron chi connectivity index (χ1n) is 3.41. The van der Waals surface area contributed by atoms with E-state index in [0.29, 0.717) is 16.4 Å². The molecule has 1 N–H and O–H groups in total. The minimum absolute atomic E-state index is 0.160. The number of fused-ring (bicyclic) bond motifs is 1. The van der Waals surface area contributed by atoms with Gasteiger partial charge in [0.05, 0.1) is 11.6 Å². The highest BCUT2D eigenvalue weighted by molar-refractivity contribution is 6.31. The van der Waals surface area contributed by atoms with E-state index in [-0.39, 0.29) is 6.61 Å². The van der Waals surface area contributed by atoms with E-state index in [2.05, 4.69) is 10.1 Å². The molecule has 0 saturated heterocycles. The Hall–Kier alpha value is -1.13. The van der Waals surface area contributed by atoms with Crippen molar-refractivity contribution >= 4 is 17.2 Å². The lowest BCUT2D eigenvalue weighted by molar-refractivity contribution is 0.275. The second-order valence-corrected chi connectivity index (χ2v) is 2.73. The highest BCUT2D eigenvalue weighted by atomic mass is 35.5. The van der Waals surface area contributed by atoms with Crippen molar-refractivity contribution in [2.45, 2.75) is 6.61 Å². The van der Waals surface area contributed by atoms with Crippen LogP contribution in [0.5, 0.6) is 0 Å². The third-order valence-corrected chi connectivity index (χ3v) is 1.89. The maximum Gasteiger partial charge on any atom is 0.154 e. The van der Waals surface area contributed by atoms with E-state index in [0.717, 1.165) is 0 Å². The SMILES string of the molecule is OCc1nn2ccnc2cc1Cl. The molecule has 0 atom stereocenters. The molecule has 0 aliphatic rings. The van der Waals surface area contributed by atoms with E-state index >= 15 is 0 Å². The Balaban J connectivity index is 2.73. The van der Waals surface area contributed by atoms with Crippen molar-refractivity contribution in [2.24, 2.45) is 0 Å². The molecule has 0 amide bonds. The molecule has 0 saturated carbocycles. The summed E-state index contributed by atoms with van der Waals surface area (Å²) in [4.78, 5) is 3.99. The standard InChI is InChI=1S/C7H6ClN3O/c8-5-3-7-9-1-2-11(7)10-6(5)4-12/h1-3,12H,4H2. The van der Waals surface area contributed by atoms with Crippen LogP contribution in [0.1, 0.15) is 5.69 Å². The third kappa shape index (κ3) is 1.05. The number of halogens is 1. The molecule has 4 nitrogen and oxygen atoms in total. The van der Waals surface area contributed by atoms with Gasteiger partial charge in [0.2, 0.25) is 0 Å². The fourth-order valence-electron chi connectivity index (χ4n) is 0.978. The fraction of sp³-hybridized carbons (Fsp3) is 0.143. The minimum Gasteiger partial charge on any atom is -0.390 e. The Bertz CT molecular complexity index is 412. The van der Waals surface area contributed by atoms with Gasteiger partial charge in [0.25, 0.3) is 0 Å². The number of rotatable bonds is 1. The third-order valence-electron chi connectivity index (χ3n) is 1.56. The van der Waals surface area contributed by atoms with E-state index in [4.69, 9.17) is 16.7 Å². The molecule has 0 bridgehead atoms. The summed E-state index contributed by atoms with van der Waals surface area (Å²) in [6, 6.07) is 1.67. The van der Waals surface area contributed by atoms with Crippen LogP contribution in [-0.4, -0.2) is 19.7 Å². The smallest absolute Gasteiger partial charge is 0.154 e. The Labute approximate surface area is 73.4 Å². The van der Waals surface area contributed by atoms with E-state index < -0.39 is 0 Å². The van der Waals surface area contributed by atoms with Crippen LogP contribution in [-0.2, 0) is 6.61 Å². The number of nitrogens with zero attached hydrogens (tertiary/aromatic N) is 3. The summed E-state index contributed by atoms with van der Waals surface area (Å²) in [5.41, 5.74) is 1.14. The Morgan fingerprint density at radius 3 is 3.17 bits per heavy atom. The van der Waals surface area contributed by atoms with Crippen LogP contribution in [0.15, 0.2) is 18.5 Å². The van der Waals surface area contributed by atoms with Gasteiger partial charge in [-0.1, -0.05) is 11.6 Å². The van der Waals surface area contributed by atoms with Crippen LogP contribution < -0.4 is 0 Å².